The van der Waals surface area contributed by atoms with Crippen LogP contribution in [0.4, 0.5) is 0 Å². The Morgan fingerprint density at radius 2 is 1.46 bits per heavy atom. The van der Waals surface area contributed by atoms with Crippen molar-refractivity contribution in [1.82, 2.24) is 10.2 Å². The number of ketones is 2. The Hall–Kier alpha value is -1.76. The fraction of sp³-hybridized carbons (Fsp3) is 0.810. The molecule has 0 saturated carbocycles. The Morgan fingerprint density at radius 1 is 0.964 bits per heavy atom. The van der Waals surface area contributed by atoms with Crippen molar-refractivity contribution in [2.75, 3.05) is 7.05 Å². The number of Topliss-reactive ketones (excluding diaryl/α,β-unsaturated/α-hetero) is 2. The molecular formula is C21H38N2O5. The highest BCUT2D eigenvalue weighted by atomic mass is 16.3. The Bertz CT molecular complexity index is 561. The van der Waals surface area contributed by atoms with Crippen LogP contribution in [-0.2, 0) is 19.2 Å². The summed E-state index contributed by atoms with van der Waals surface area (Å²) in [6.07, 6.45) is 0.295. The zero-order valence-electron chi connectivity index (χ0n) is 18.6. The van der Waals surface area contributed by atoms with Crippen LogP contribution in [-0.4, -0.2) is 58.6 Å². The molecule has 0 heterocycles. The van der Waals surface area contributed by atoms with Gasteiger partial charge in [0.05, 0.1) is 12.1 Å². The van der Waals surface area contributed by atoms with Gasteiger partial charge in [0, 0.05) is 26.3 Å². The summed E-state index contributed by atoms with van der Waals surface area (Å²) in [5, 5.41) is 12.6. The number of rotatable bonds is 12. The molecule has 2 amide bonds. The highest BCUT2D eigenvalue weighted by molar-refractivity contribution is 5.94. The van der Waals surface area contributed by atoms with Crippen LogP contribution in [0, 0.1) is 17.8 Å². The number of hydrogen-bond acceptors (Lipinski definition) is 5. The maximum atomic E-state index is 13.0. The maximum absolute atomic E-state index is 13.0. The molecule has 0 spiro atoms. The Labute approximate surface area is 169 Å². The largest absolute Gasteiger partial charge is 0.393 e. The Morgan fingerprint density at radius 3 is 1.82 bits per heavy atom. The van der Waals surface area contributed by atoms with Crippen LogP contribution in [0.2, 0.25) is 0 Å². The van der Waals surface area contributed by atoms with Gasteiger partial charge in [0.15, 0.2) is 5.78 Å². The summed E-state index contributed by atoms with van der Waals surface area (Å²) in [6.45, 7) is 11.8. The molecule has 0 saturated heterocycles. The molecule has 0 bridgehead atoms. The van der Waals surface area contributed by atoms with E-state index < -0.39 is 24.1 Å². The molecule has 2 N–H and O–H groups in total. The third-order valence-electron chi connectivity index (χ3n) is 5.75. The van der Waals surface area contributed by atoms with E-state index in [0.717, 1.165) is 0 Å². The van der Waals surface area contributed by atoms with E-state index in [2.05, 4.69) is 5.32 Å². The molecule has 162 valence electrons. The zero-order valence-corrected chi connectivity index (χ0v) is 18.6. The predicted molar refractivity (Wildman–Crippen MR) is 109 cm³/mol. The van der Waals surface area contributed by atoms with Gasteiger partial charge < -0.3 is 15.3 Å². The number of nitrogens with zero attached hydrogens (tertiary/aromatic N) is 1. The molecule has 0 aromatic carbocycles. The average molecular weight is 399 g/mol. The standard InChI is InChI=1S/C21H38N2O5/c1-9-12(3)19(18(27)11-17(14(5)24)15(6)25)22-21(28)20(13(4)10-2)23(8)16(7)26/h12-14,17,19-20,24H,9-11H2,1-8H3,(H,22,28)/t12-,13-,14-,17-,19-,20-/m0/s1. The molecule has 28 heavy (non-hydrogen) atoms. The lowest BCUT2D eigenvalue weighted by Gasteiger charge is -2.33. The molecule has 0 rings (SSSR count). The molecular weight excluding hydrogens is 360 g/mol. The SMILES string of the molecule is CC[C@H](C)[C@H](NC(=O)[C@H]([C@@H](C)CC)N(C)C(C)=O)C(=O)C[C@H](C(C)=O)[C@H](C)O. The highest BCUT2D eigenvalue weighted by Gasteiger charge is 2.35. The third-order valence-corrected chi connectivity index (χ3v) is 5.75. The number of hydrogen-bond donors (Lipinski definition) is 2. The van der Waals surface area contributed by atoms with E-state index in [1.165, 1.54) is 25.7 Å². The van der Waals surface area contributed by atoms with E-state index in [0.29, 0.717) is 12.8 Å². The van der Waals surface area contributed by atoms with Gasteiger partial charge in [0.1, 0.15) is 11.8 Å². The van der Waals surface area contributed by atoms with Gasteiger partial charge in [-0.15, -0.1) is 0 Å². The summed E-state index contributed by atoms with van der Waals surface area (Å²) in [5.41, 5.74) is 0. The summed E-state index contributed by atoms with van der Waals surface area (Å²) in [6, 6.07) is -1.45. The monoisotopic (exact) mass is 398 g/mol. The fourth-order valence-corrected chi connectivity index (χ4v) is 3.25. The number of likely N-dealkylation sites (N-methyl/N-ethyl adjacent to an activating group) is 1. The van der Waals surface area contributed by atoms with Crippen molar-refractivity contribution in [1.29, 1.82) is 0 Å². The minimum Gasteiger partial charge on any atom is -0.393 e. The van der Waals surface area contributed by atoms with Gasteiger partial charge in [-0.2, -0.15) is 0 Å². The van der Waals surface area contributed by atoms with Crippen molar-refractivity contribution in [3.63, 3.8) is 0 Å². The van der Waals surface area contributed by atoms with E-state index in [4.69, 9.17) is 0 Å². The summed E-state index contributed by atoms with van der Waals surface area (Å²) in [4.78, 5) is 50.9. The quantitative estimate of drug-likeness (QED) is 0.523. The lowest BCUT2D eigenvalue weighted by atomic mass is 9.86. The second-order valence-corrected chi connectivity index (χ2v) is 7.96. The molecule has 6 atom stereocenters. The van der Waals surface area contributed by atoms with Gasteiger partial charge in [-0.3, -0.25) is 19.2 Å². The lowest BCUT2D eigenvalue weighted by molar-refractivity contribution is -0.141. The molecule has 0 aliphatic heterocycles. The second kappa shape index (κ2) is 11.9. The number of amides is 2. The highest BCUT2D eigenvalue weighted by Crippen LogP contribution is 2.19. The van der Waals surface area contributed by atoms with E-state index >= 15 is 0 Å². The van der Waals surface area contributed by atoms with Gasteiger partial charge in [0.2, 0.25) is 11.8 Å². The normalized spacial score (nSPS) is 17.6. The van der Waals surface area contributed by atoms with Gasteiger partial charge in [-0.05, 0) is 25.7 Å². The summed E-state index contributed by atoms with van der Waals surface area (Å²) in [7, 11) is 1.58. The van der Waals surface area contributed by atoms with Crippen molar-refractivity contribution in [2.45, 2.75) is 85.9 Å². The van der Waals surface area contributed by atoms with Crippen LogP contribution in [0.1, 0.15) is 67.7 Å². The number of carbonyl (C=O) groups is 4. The van der Waals surface area contributed by atoms with Crippen LogP contribution in [0.25, 0.3) is 0 Å². The topological polar surface area (TPSA) is 104 Å². The first-order valence-electron chi connectivity index (χ1n) is 10.1. The first-order chi connectivity index (χ1) is 12.9. The van der Waals surface area contributed by atoms with Gasteiger partial charge in [0.25, 0.3) is 0 Å². The average Bonchev–Trinajstić information content (AvgIpc) is 2.62. The smallest absolute Gasteiger partial charge is 0.243 e. The van der Waals surface area contributed by atoms with Crippen molar-refractivity contribution < 1.29 is 24.3 Å². The van der Waals surface area contributed by atoms with Gasteiger partial charge in [-0.25, -0.2) is 0 Å². The molecule has 0 unspecified atom stereocenters. The van der Waals surface area contributed by atoms with Crippen molar-refractivity contribution in [2.24, 2.45) is 17.8 Å². The van der Waals surface area contributed by atoms with Crippen LogP contribution >= 0.6 is 0 Å². The minimum absolute atomic E-state index is 0.0796. The molecule has 0 aliphatic carbocycles. The van der Waals surface area contributed by atoms with Crippen molar-refractivity contribution >= 4 is 23.4 Å². The first kappa shape index (κ1) is 26.2. The molecule has 0 aliphatic rings. The molecule has 0 aromatic heterocycles. The number of aliphatic hydroxyl groups excluding tert-OH is 1. The van der Waals surface area contributed by atoms with E-state index in [1.54, 1.807) is 7.05 Å². The molecule has 7 heteroatoms. The van der Waals surface area contributed by atoms with Gasteiger partial charge in [-0.1, -0.05) is 40.5 Å². The molecule has 0 radical (unpaired) electrons. The summed E-state index contributed by atoms with van der Waals surface area (Å²) in [5.74, 6) is -2.15. The van der Waals surface area contributed by atoms with Crippen LogP contribution < -0.4 is 5.32 Å². The number of aliphatic hydroxyl groups is 1. The zero-order chi connectivity index (χ0) is 22.2. The number of carbonyl (C=O) groups excluding carboxylic acids is 4. The summed E-state index contributed by atoms with van der Waals surface area (Å²) < 4.78 is 0. The van der Waals surface area contributed by atoms with Crippen molar-refractivity contribution in [3.05, 3.63) is 0 Å². The Kier molecular flexibility index (Phi) is 11.2. The van der Waals surface area contributed by atoms with Crippen molar-refractivity contribution in [3.8, 4) is 0 Å². The second-order valence-electron chi connectivity index (χ2n) is 7.96. The van der Waals surface area contributed by atoms with Crippen LogP contribution in [0.3, 0.4) is 0 Å². The maximum Gasteiger partial charge on any atom is 0.243 e. The molecule has 0 fully saturated rings. The lowest BCUT2D eigenvalue weighted by Crippen LogP contribution is -2.55. The fourth-order valence-electron chi connectivity index (χ4n) is 3.25. The molecule has 7 nitrogen and oxygen atoms in total. The van der Waals surface area contributed by atoms with E-state index in [-0.39, 0.29) is 41.6 Å². The molecule has 0 aromatic rings. The predicted octanol–water partition coefficient (Wildman–Crippen LogP) is 1.96. The van der Waals surface area contributed by atoms with Gasteiger partial charge >= 0.3 is 0 Å². The first-order valence-corrected chi connectivity index (χ1v) is 10.1. The summed E-state index contributed by atoms with van der Waals surface area (Å²) >= 11 is 0. The van der Waals surface area contributed by atoms with Crippen LogP contribution in [0.5, 0.6) is 0 Å². The number of nitrogens with one attached hydrogen (secondary N) is 1. The Balaban J connectivity index is 5.61. The van der Waals surface area contributed by atoms with E-state index in [9.17, 15) is 24.3 Å². The third kappa shape index (κ3) is 7.34. The van der Waals surface area contributed by atoms with Crippen LogP contribution in [0.15, 0.2) is 0 Å². The minimum atomic E-state index is -0.938. The van der Waals surface area contributed by atoms with E-state index in [1.807, 2.05) is 27.7 Å².